The second-order valence-electron chi connectivity index (χ2n) is 13.4. The van der Waals surface area contributed by atoms with Crippen LogP contribution in [-0.2, 0) is 32.0 Å². The van der Waals surface area contributed by atoms with Crippen LogP contribution in [0.2, 0.25) is 0 Å². The highest BCUT2D eigenvalue weighted by Gasteiger charge is 2.61. The Morgan fingerprint density at radius 2 is 1.53 bits per heavy atom. The van der Waals surface area contributed by atoms with Crippen molar-refractivity contribution in [3.05, 3.63) is 65.7 Å². The monoisotopic (exact) mass is 636 g/mol. The Kier molecular flexibility index (Phi) is 10.1. The van der Waals surface area contributed by atoms with Crippen molar-refractivity contribution in [2.45, 2.75) is 81.5 Å². The predicted octanol–water partition coefficient (Wildman–Crippen LogP) is 2.77. The number of phenols is 1. The molecule has 2 aromatic carbocycles. The molecule has 0 aromatic heterocycles. The van der Waals surface area contributed by atoms with Gasteiger partial charge in [0.25, 0.3) is 0 Å². The van der Waals surface area contributed by atoms with Crippen molar-refractivity contribution in [2.24, 2.45) is 23.0 Å². The van der Waals surface area contributed by atoms with E-state index < -0.39 is 41.0 Å². The molecule has 2 unspecified atom stereocenters. The van der Waals surface area contributed by atoms with Crippen LogP contribution in [0.5, 0.6) is 5.75 Å². The summed E-state index contributed by atoms with van der Waals surface area (Å²) in [6.45, 7) is 0. The summed E-state index contributed by atoms with van der Waals surface area (Å²) in [6.07, 6.45) is 7.16. The first kappa shape index (κ1) is 32.8. The molecule has 6 rings (SSSR count). The van der Waals surface area contributed by atoms with Crippen LogP contribution in [0.25, 0.3) is 0 Å². The third-order valence-electron chi connectivity index (χ3n) is 9.79. The summed E-state index contributed by atoms with van der Waals surface area (Å²) < 4.78 is 0. The summed E-state index contributed by atoms with van der Waals surface area (Å²) in [5.41, 5.74) is 6.75. The maximum atomic E-state index is 14.3. The highest BCUT2D eigenvalue weighted by molar-refractivity contribution is 7.98. The third kappa shape index (κ3) is 7.81. The predicted molar refractivity (Wildman–Crippen MR) is 172 cm³/mol. The molecular weight excluding hydrogens is 592 g/mol. The molecule has 0 aliphatic heterocycles. The Bertz CT molecular complexity index is 1370. The number of rotatable bonds is 14. The van der Waals surface area contributed by atoms with Gasteiger partial charge in [-0.15, -0.1) is 0 Å². The number of hydrogen-bond acceptors (Lipinski definition) is 7. The first-order chi connectivity index (χ1) is 21.5. The molecular formula is C34H44N4O6S. The van der Waals surface area contributed by atoms with E-state index in [1.807, 2.05) is 36.6 Å². The number of aromatic hydroxyl groups is 1. The van der Waals surface area contributed by atoms with Crippen LogP contribution in [0.15, 0.2) is 54.6 Å². The standard InChI is InChI=1S/C34H44N4O6S/c1-45-12-11-27(31(42)43)36-30(41)28(15-21-5-3-2-4-6-21)37-32(44)33-16-23-13-24(17-33)19-34(18-23,20-33)38-29(40)26(35)14-22-7-9-25(39)10-8-22/h2-10,23-24,26-28,39H,11-20,35H2,1H3,(H,36,41)(H,37,44)(H,38,40)(H,42,43)/t23-,24+,26-,27-,28-,33?,34?/m0/s1. The van der Waals surface area contributed by atoms with Crippen LogP contribution >= 0.6 is 11.8 Å². The van der Waals surface area contributed by atoms with E-state index in [4.69, 9.17) is 5.73 Å². The van der Waals surface area contributed by atoms with Crippen molar-refractivity contribution in [3.8, 4) is 5.75 Å². The van der Waals surface area contributed by atoms with Crippen LogP contribution in [0.3, 0.4) is 0 Å². The molecule has 3 amide bonds. The summed E-state index contributed by atoms with van der Waals surface area (Å²) in [5, 5.41) is 28.3. The molecule has 2 aromatic rings. The summed E-state index contributed by atoms with van der Waals surface area (Å²) in [5.74, 6) is -0.828. The zero-order valence-electron chi connectivity index (χ0n) is 25.7. The van der Waals surface area contributed by atoms with Gasteiger partial charge in [0.05, 0.1) is 11.5 Å². The summed E-state index contributed by atoms with van der Waals surface area (Å²) >= 11 is 1.50. The minimum absolute atomic E-state index is 0.148. The number of aliphatic carboxylic acids is 1. The fourth-order valence-corrected chi connectivity index (χ4v) is 8.61. The molecule has 7 N–H and O–H groups in total. The molecule has 11 heteroatoms. The van der Waals surface area contributed by atoms with Crippen molar-refractivity contribution in [3.63, 3.8) is 0 Å². The number of amides is 3. The molecule has 0 spiro atoms. The van der Waals surface area contributed by atoms with Crippen LogP contribution in [0.4, 0.5) is 0 Å². The van der Waals surface area contributed by atoms with Gasteiger partial charge in [-0.2, -0.15) is 11.8 Å². The third-order valence-corrected chi connectivity index (χ3v) is 10.4. The Hall–Kier alpha value is -3.57. The van der Waals surface area contributed by atoms with Gasteiger partial charge in [0.2, 0.25) is 17.7 Å². The number of benzene rings is 2. The number of carbonyl (C=O) groups excluding carboxylic acids is 3. The van der Waals surface area contributed by atoms with Gasteiger partial charge in [-0.25, -0.2) is 4.79 Å². The number of carboxylic acids is 1. The number of hydrogen-bond donors (Lipinski definition) is 6. The van der Waals surface area contributed by atoms with Gasteiger partial charge in [0, 0.05) is 12.0 Å². The maximum absolute atomic E-state index is 14.3. The van der Waals surface area contributed by atoms with Crippen molar-refractivity contribution in [1.82, 2.24) is 16.0 Å². The van der Waals surface area contributed by atoms with Gasteiger partial charge >= 0.3 is 5.97 Å². The van der Waals surface area contributed by atoms with Crippen LogP contribution in [0.1, 0.15) is 56.1 Å². The smallest absolute Gasteiger partial charge is 0.326 e. The molecule has 4 fully saturated rings. The van der Waals surface area contributed by atoms with E-state index in [0.717, 1.165) is 30.4 Å². The number of phenolic OH excluding ortho intramolecular Hbond substituents is 1. The molecule has 4 aliphatic carbocycles. The number of nitrogens with two attached hydrogens (primary N) is 1. The first-order valence-electron chi connectivity index (χ1n) is 15.7. The minimum atomic E-state index is -1.11. The lowest BCUT2D eigenvalue weighted by Crippen LogP contribution is -2.68. The van der Waals surface area contributed by atoms with Gasteiger partial charge in [0.15, 0.2) is 0 Å². The Labute approximate surface area is 268 Å². The van der Waals surface area contributed by atoms with Gasteiger partial charge in [0.1, 0.15) is 17.8 Å². The highest BCUT2D eigenvalue weighted by atomic mass is 32.2. The Morgan fingerprint density at radius 1 is 0.889 bits per heavy atom. The van der Waals surface area contributed by atoms with E-state index in [1.54, 1.807) is 24.3 Å². The molecule has 0 heterocycles. The minimum Gasteiger partial charge on any atom is -0.508 e. The van der Waals surface area contributed by atoms with Crippen LogP contribution in [-0.4, -0.2) is 69.6 Å². The number of thioether (sulfide) groups is 1. The first-order valence-corrected chi connectivity index (χ1v) is 17.1. The maximum Gasteiger partial charge on any atom is 0.326 e. The fraction of sp³-hybridized carbons (Fsp3) is 0.529. The van der Waals surface area contributed by atoms with Crippen molar-refractivity contribution < 1.29 is 29.4 Å². The van der Waals surface area contributed by atoms with E-state index in [1.165, 1.54) is 11.8 Å². The SMILES string of the molecule is CSCC[C@H](NC(=O)[C@H](Cc1ccccc1)NC(=O)C12C[C@@H]3C[C@@H](CC(NC(=O)[C@@H](N)Cc4ccc(O)cc4)(C3)C1)C2)C(=O)O. The average Bonchev–Trinajstić information content (AvgIpc) is 2.99. The number of carboxylic acid groups (broad SMARTS) is 1. The van der Waals surface area contributed by atoms with Crippen LogP contribution in [0, 0.1) is 17.3 Å². The lowest BCUT2D eigenvalue weighted by atomic mass is 9.46. The van der Waals surface area contributed by atoms with Gasteiger partial charge in [-0.05, 0) is 98.5 Å². The molecule has 4 aliphatic rings. The van der Waals surface area contributed by atoms with Crippen molar-refractivity contribution in [1.29, 1.82) is 0 Å². The molecule has 4 saturated carbocycles. The highest BCUT2D eigenvalue weighted by Crippen LogP contribution is 2.61. The fourth-order valence-electron chi connectivity index (χ4n) is 8.14. The van der Waals surface area contributed by atoms with Crippen molar-refractivity contribution >= 4 is 35.5 Å². The summed E-state index contributed by atoms with van der Waals surface area (Å²) in [4.78, 5) is 53.1. The molecule has 10 nitrogen and oxygen atoms in total. The topological polar surface area (TPSA) is 171 Å². The molecule has 4 bridgehead atoms. The molecule has 242 valence electrons. The van der Waals surface area contributed by atoms with Gasteiger partial charge in [-0.3, -0.25) is 14.4 Å². The van der Waals surface area contributed by atoms with E-state index >= 15 is 0 Å². The number of nitrogens with one attached hydrogen (secondary N) is 3. The van der Waals surface area contributed by atoms with Crippen LogP contribution < -0.4 is 21.7 Å². The zero-order valence-corrected chi connectivity index (χ0v) is 26.5. The lowest BCUT2D eigenvalue weighted by molar-refractivity contribution is -0.155. The quantitative estimate of drug-likeness (QED) is 0.184. The van der Waals surface area contributed by atoms with E-state index in [0.29, 0.717) is 31.4 Å². The zero-order chi connectivity index (χ0) is 32.2. The number of carbonyl (C=O) groups is 4. The van der Waals surface area contributed by atoms with Gasteiger partial charge < -0.3 is 31.9 Å². The second kappa shape index (κ2) is 13.8. The van der Waals surface area contributed by atoms with E-state index in [2.05, 4.69) is 16.0 Å². The largest absolute Gasteiger partial charge is 0.508 e. The summed E-state index contributed by atoms with van der Waals surface area (Å²) in [6, 6.07) is 13.2. The Balaban J connectivity index is 1.31. The normalized spacial score (nSPS) is 26.8. The molecule has 0 radical (unpaired) electrons. The molecule has 7 atom stereocenters. The molecule has 45 heavy (non-hydrogen) atoms. The summed E-state index contributed by atoms with van der Waals surface area (Å²) in [7, 11) is 0. The Morgan fingerprint density at radius 3 is 2.16 bits per heavy atom. The second-order valence-corrected chi connectivity index (χ2v) is 14.4. The average molecular weight is 637 g/mol. The van der Waals surface area contributed by atoms with E-state index in [-0.39, 0.29) is 42.2 Å². The van der Waals surface area contributed by atoms with Crippen molar-refractivity contribution in [2.75, 3.05) is 12.0 Å². The van der Waals surface area contributed by atoms with Gasteiger partial charge in [-0.1, -0.05) is 42.5 Å². The lowest BCUT2D eigenvalue weighted by Gasteiger charge is -2.61. The van der Waals surface area contributed by atoms with E-state index in [9.17, 15) is 29.4 Å². The molecule has 0 saturated heterocycles.